The smallest absolute Gasteiger partial charge is 0.251 e. The largest absolute Gasteiger partial charge is 0.350 e. The lowest BCUT2D eigenvalue weighted by molar-refractivity contribution is 0.0941. The first-order chi connectivity index (χ1) is 13.9. The highest BCUT2D eigenvalue weighted by atomic mass is 32.2. The summed E-state index contributed by atoms with van der Waals surface area (Å²) in [6, 6.07) is 16.6. The molecule has 0 aliphatic carbocycles. The van der Waals surface area contributed by atoms with Gasteiger partial charge in [0, 0.05) is 31.2 Å². The van der Waals surface area contributed by atoms with Gasteiger partial charge in [-0.3, -0.25) is 4.79 Å². The third kappa shape index (κ3) is 5.44. The third-order valence-electron chi connectivity index (χ3n) is 5.36. The van der Waals surface area contributed by atoms with Crippen molar-refractivity contribution in [3.8, 4) is 0 Å². The van der Waals surface area contributed by atoms with Crippen LogP contribution in [0, 0.1) is 0 Å². The molecule has 3 rings (SSSR count). The average molecular weight is 416 g/mol. The molecular formula is C22H29N3O3S. The van der Waals surface area contributed by atoms with E-state index in [0.717, 1.165) is 19.3 Å². The Balaban J connectivity index is 1.61. The first kappa shape index (κ1) is 21.5. The highest BCUT2D eigenvalue weighted by molar-refractivity contribution is 7.89. The number of carbonyl (C=O) groups excluding carboxylic acids is 1. The van der Waals surface area contributed by atoms with Gasteiger partial charge in [-0.1, -0.05) is 30.3 Å². The van der Waals surface area contributed by atoms with E-state index >= 15 is 0 Å². The zero-order chi connectivity index (χ0) is 20.9. The Bertz CT molecular complexity index is 906. The fraction of sp³-hybridized carbons (Fsp3) is 0.409. The minimum atomic E-state index is -3.46. The molecule has 0 aromatic heterocycles. The van der Waals surface area contributed by atoms with Gasteiger partial charge < -0.3 is 10.2 Å². The second-order valence-electron chi connectivity index (χ2n) is 7.65. The molecule has 1 N–H and O–H groups in total. The Morgan fingerprint density at radius 3 is 2.24 bits per heavy atom. The summed E-state index contributed by atoms with van der Waals surface area (Å²) in [7, 11) is 0.538. The van der Waals surface area contributed by atoms with Gasteiger partial charge in [0.1, 0.15) is 0 Å². The highest BCUT2D eigenvalue weighted by Gasteiger charge is 2.27. The molecule has 1 atom stereocenters. The molecule has 1 amide bonds. The summed E-state index contributed by atoms with van der Waals surface area (Å²) in [6.07, 6.45) is 2.63. The molecule has 1 heterocycles. The molecule has 1 aliphatic rings. The van der Waals surface area contributed by atoms with Crippen LogP contribution in [0.15, 0.2) is 59.5 Å². The molecule has 1 aliphatic heterocycles. The molecule has 0 bridgehead atoms. The number of rotatable bonds is 8. The lowest BCUT2D eigenvalue weighted by atomic mass is 10.1. The summed E-state index contributed by atoms with van der Waals surface area (Å²) >= 11 is 0. The first-order valence-electron chi connectivity index (χ1n) is 9.96. The van der Waals surface area contributed by atoms with Crippen molar-refractivity contribution in [3.63, 3.8) is 0 Å². The average Bonchev–Trinajstić information content (AvgIpc) is 3.27. The minimum absolute atomic E-state index is 0.163. The van der Waals surface area contributed by atoms with Crippen LogP contribution in [0.3, 0.4) is 0 Å². The number of nitrogens with zero attached hydrogens (tertiary/aromatic N) is 2. The van der Waals surface area contributed by atoms with E-state index in [1.165, 1.54) is 22.0 Å². The summed E-state index contributed by atoms with van der Waals surface area (Å²) in [5.74, 6) is -0.199. The van der Waals surface area contributed by atoms with Crippen LogP contribution in [0.4, 0.5) is 0 Å². The van der Waals surface area contributed by atoms with Gasteiger partial charge >= 0.3 is 0 Å². The summed E-state index contributed by atoms with van der Waals surface area (Å²) in [5, 5.41) is 2.97. The Kier molecular flexibility index (Phi) is 7.05. The molecule has 1 saturated heterocycles. The van der Waals surface area contributed by atoms with Crippen LogP contribution < -0.4 is 5.32 Å². The maximum Gasteiger partial charge on any atom is 0.251 e. The van der Waals surface area contributed by atoms with Crippen molar-refractivity contribution in [2.75, 3.05) is 33.7 Å². The molecule has 0 radical (unpaired) electrons. The number of hydrogen-bond donors (Lipinski definition) is 1. The minimum Gasteiger partial charge on any atom is -0.350 e. The molecular weight excluding hydrogens is 386 g/mol. The lowest BCUT2D eigenvalue weighted by Crippen LogP contribution is -2.41. The van der Waals surface area contributed by atoms with Crippen molar-refractivity contribution < 1.29 is 13.2 Å². The second kappa shape index (κ2) is 9.52. The molecule has 2 aromatic rings. The zero-order valence-corrected chi connectivity index (χ0v) is 17.9. The van der Waals surface area contributed by atoms with Crippen LogP contribution in [-0.4, -0.2) is 63.3 Å². The second-order valence-corrected chi connectivity index (χ2v) is 9.59. The summed E-state index contributed by atoms with van der Waals surface area (Å²) in [5.41, 5.74) is 1.68. The Morgan fingerprint density at radius 2 is 1.66 bits per heavy atom. The van der Waals surface area contributed by atoms with E-state index in [0.29, 0.717) is 25.2 Å². The molecule has 0 unspecified atom stereocenters. The van der Waals surface area contributed by atoms with Crippen LogP contribution in [-0.2, 0) is 16.4 Å². The van der Waals surface area contributed by atoms with Crippen LogP contribution in [0.5, 0.6) is 0 Å². The maximum absolute atomic E-state index is 12.6. The maximum atomic E-state index is 12.6. The Labute approximate surface area is 173 Å². The number of amides is 1. The fourth-order valence-corrected chi connectivity index (χ4v) is 5.01. The SMILES string of the molecule is CN(C)[C@@H](CNC(=O)c1ccc(S(=O)(=O)N2CCCC2)cc1)Cc1ccccc1. The van der Waals surface area contributed by atoms with Gasteiger partial charge in [-0.05, 0) is 63.2 Å². The van der Waals surface area contributed by atoms with Crippen molar-refractivity contribution in [1.82, 2.24) is 14.5 Å². The van der Waals surface area contributed by atoms with E-state index in [9.17, 15) is 13.2 Å². The normalized spacial score (nSPS) is 16.1. The number of sulfonamides is 1. The van der Waals surface area contributed by atoms with Gasteiger partial charge in [0.15, 0.2) is 0 Å². The van der Waals surface area contributed by atoms with Crippen molar-refractivity contribution in [2.45, 2.75) is 30.2 Å². The quantitative estimate of drug-likeness (QED) is 0.719. The number of benzene rings is 2. The molecule has 1 fully saturated rings. The van der Waals surface area contributed by atoms with Crippen molar-refractivity contribution in [2.24, 2.45) is 0 Å². The number of hydrogen-bond acceptors (Lipinski definition) is 4. The van der Waals surface area contributed by atoms with Crippen LogP contribution >= 0.6 is 0 Å². The molecule has 29 heavy (non-hydrogen) atoms. The monoisotopic (exact) mass is 415 g/mol. The van der Waals surface area contributed by atoms with Crippen LogP contribution in [0.25, 0.3) is 0 Å². The molecule has 0 spiro atoms. The predicted molar refractivity (Wildman–Crippen MR) is 114 cm³/mol. The topological polar surface area (TPSA) is 69.7 Å². The van der Waals surface area contributed by atoms with E-state index in [1.54, 1.807) is 12.1 Å². The number of nitrogens with one attached hydrogen (secondary N) is 1. The van der Waals surface area contributed by atoms with Crippen molar-refractivity contribution in [3.05, 3.63) is 65.7 Å². The summed E-state index contributed by atoms with van der Waals surface area (Å²) in [6.45, 7) is 1.64. The molecule has 156 valence electrons. The number of carbonyl (C=O) groups is 1. The molecule has 6 nitrogen and oxygen atoms in total. The fourth-order valence-electron chi connectivity index (χ4n) is 3.49. The highest BCUT2D eigenvalue weighted by Crippen LogP contribution is 2.21. The molecule has 0 saturated carbocycles. The van der Waals surface area contributed by atoms with E-state index in [-0.39, 0.29) is 16.8 Å². The third-order valence-corrected chi connectivity index (χ3v) is 7.27. The predicted octanol–water partition coefficient (Wildman–Crippen LogP) is 2.37. The summed E-state index contributed by atoms with van der Waals surface area (Å²) < 4.78 is 26.7. The van der Waals surface area contributed by atoms with Gasteiger partial charge in [-0.2, -0.15) is 4.31 Å². The van der Waals surface area contributed by atoms with E-state index in [4.69, 9.17) is 0 Å². The molecule has 2 aromatic carbocycles. The van der Waals surface area contributed by atoms with E-state index in [2.05, 4.69) is 22.3 Å². The van der Waals surface area contributed by atoms with Crippen LogP contribution in [0.2, 0.25) is 0 Å². The molecule has 7 heteroatoms. The van der Waals surface area contributed by atoms with Gasteiger partial charge in [0.2, 0.25) is 10.0 Å². The van der Waals surface area contributed by atoms with E-state index in [1.807, 2.05) is 32.3 Å². The lowest BCUT2D eigenvalue weighted by Gasteiger charge is -2.25. The van der Waals surface area contributed by atoms with Gasteiger partial charge in [-0.15, -0.1) is 0 Å². The van der Waals surface area contributed by atoms with Gasteiger partial charge in [0.25, 0.3) is 5.91 Å². The summed E-state index contributed by atoms with van der Waals surface area (Å²) in [4.78, 5) is 14.9. The Hall–Kier alpha value is -2.22. The van der Waals surface area contributed by atoms with Crippen molar-refractivity contribution in [1.29, 1.82) is 0 Å². The van der Waals surface area contributed by atoms with Crippen LogP contribution in [0.1, 0.15) is 28.8 Å². The Morgan fingerprint density at radius 1 is 1.03 bits per heavy atom. The van der Waals surface area contributed by atoms with Gasteiger partial charge in [-0.25, -0.2) is 8.42 Å². The zero-order valence-electron chi connectivity index (χ0n) is 17.0. The van der Waals surface area contributed by atoms with Crippen molar-refractivity contribution >= 4 is 15.9 Å². The van der Waals surface area contributed by atoms with E-state index < -0.39 is 10.0 Å². The first-order valence-corrected chi connectivity index (χ1v) is 11.4. The standard InChI is InChI=1S/C22H29N3O3S/c1-24(2)20(16-18-8-4-3-5-9-18)17-23-22(26)19-10-12-21(13-11-19)29(27,28)25-14-6-7-15-25/h3-5,8-13,20H,6-7,14-17H2,1-2H3,(H,23,26)/t20-/m1/s1. The van der Waals surface area contributed by atoms with Gasteiger partial charge in [0.05, 0.1) is 4.90 Å². The number of likely N-dealkylation sites (N-methyl/N-ethyl adjacent to an activating group) is 1.